The summed E-state index contributed by atoms with van der Waals surface area (Å²) in [6.45, 7) is 5.38. The molecule has 2 amide bonds. The average molecular weight is 318 g/mol. The molecule has 1 aliphatic rings. The Labute approximate surface area is 138 Å². The first kappa shape index (κ1) is 17.5. The van der Waals surface area contributed by atoms with Gasteiger partial charge in [0.05, 0.1) is 25.7 Å². The van der Waals surface area contributed by atoms with Gasteiger partial charge in [0.2, 0.25) is 5.91 Å². The molecule has 1 unspecified atom stereocenters. The third kappa shape index (κ3) is 6.02. The molecule has 1 fully saturated rings. The number of amides is 2. The molecule has 2 rings (SSSR count). The van der Waals surface area contributed by atoms with Crippen molar-refractivity contribution in [3.63, 3.8) is 0 Å². The molecular weight excluding hydrogens is 290 g/mol. The molecule has 0 aromatic heterocycles. The maximum atomic E-state index is 11.8. The number of carbonyl (C=O) groups is 2. The summed E-state index contributed by atoms with van der Waals surface area (Å²) < 4.78 is 0. The molecule has 1 heterocycles. The van der Waals surface area contributed by atoms with E-state index < -0.39 is 0 Å². The summed E-state index contributed by atoms with van der Waals surface area (Å²) in [6.07, 6.45) is 4.96. The van der Waals surface area contributed by atoms with Crippen molar-refractivity contribution in [1.82, 2.24) is 10.6 Å². The van der Waals surface area contributed by atoms with Crippen molar-refractivity contribution in [2.45, 2.75) is 38.6 Å². The number of carbonyl (C=O) groups excluding carboxylic acids is 2. The number of likely N-dealkylation sites (tertiary alicyclic amines) is 1. The van der Waals surface area contributed by atoms with Crippen LogP contribution in [0.3, 0.4) is 0 Å². The van der Waals surface area contributed by atoms with Gasteiger partial charge in [0.25, 0.3) is 5.91 Å². The fraction of sp³-hybridized carbons (Fsp3) is 0.556. The van der Waals surface area contributed by atoms with E-state index in [1.165, 1.54) is 25.8 Å². The van der Waals surface area contributed by atoms with Crippen LogP contribution in [0.5, 0.6) is 0 Å². The zero-order chi connectivity index (χ0) is 16.5. The van der Waals surface area contributed by atoms with E-state index in [-0.39, 0.29) is 18.4 Å². The molecule has 0 radical (unpaired) electrons. The summed E-state index contributed by atoms with van der Waals surface area (Å²) in [6, 6.07) is 9.67. The van der Waals surface area contributed by atoms with Crippen LogP contribution in [0.2, 0.25) is 0 Å². The minimum Gasteiger partial charge on any atom is -0.354 e. The topological polar surface area (TPSA) is 62.6 Å². The molecule has 1 aliphatic heterocycles. The van der Waals surface area contributed by atoms with Crippen LogP contribution in [0.25, 0.3) is 0 Å². The molecule has 0 bridgehead atoms. The first-order valence-electron chi connectivity index (χ1n) is 8.61. The van der Waals surface area contributed by atoms with Gasteiger partial charge in [-0.1, -0.05) is 18.2 Å². The predicted molar refractivity (Wildman–Crippen MR) is 90.4 cm³/mol. The van der Waals surface area contributed by atoms with Crippen LogP contribution in [0.15, 0.2) is 30.3 Å². The van der Waals surface area contributed by atoms with Crippen molar-refractivity contribution in [1.29, 1.82) is 0 Å². The third-order valence-electron chi connectivity index (χ3n) is 4.52. The zero-order valence-electron chi connectivity index (χ0n) is 13.9. The van der Waals surface area contributed by atoms with Gasteiger partial charge in [-0.25, -0.2) is 0 Å². The Hall–Kier alpha value is -1.88. The monoisotopic (exact) mass is 318 g/mol. The van der Waals surface area contributed by atoms with E-state index in [1.54, 1.807) is 29.2 Å². The van der Waals surface area contributed by atoms with Gasteiger partial charge in [0.1, 0.15) is 0 Å². The maximum absolute atomic E-state index is 11.8. The van der Waals surface area contributed by atoms with E-state index in [0.717, 1.165) is 19.0 Å². The number of nitrogens with one attached hydrogen (secondary N) is 3. The number of piperidine rings is 1. The summed E-state index contributed by atoms with van der Waals surface area (Å²) in [5, 5.41) is 5.52. The van der Waals surface area contributed by atoms with Crippen LogP contribution in [-0.4, -0.2) is 44.0 Å². The van der Waals surface area contributed by atoms with E-state index in [0.29, 0.717) is 12.1 Å². The summed E-state index contributed by atoms with van der Waals surface area (Å²) in [7, 11) is 0. The summed E-state index contributed by atoms with van der Waals surface area (Å²) in [5.41, 5.74) is 0.572. The van der Waals surface area contributed by atoms with Gasteiger partial charge >= 0.3 is 0 Å². The van der Waals surface area contributed by atoms with E-state index in [1.807, 2.05) is 6.07 Å². The van der Waals surface area contributed by atoms with Crippen LogP contribution in [0.4, 0.5) is 0 Å². The van der Waals surface area contributed by atoms with Gasteiger partial charge in [-0.05, 0) is 38.3 Å². The Bertz CT molecular complexity index is 504. The van der Waals surface area contributed by atoms with Crippen molar-refractivity contribution >= 4 is 11.8 Å². The number of benzene rings is 1. The standard InChI is InChI=1S/C18H27N3O2/c1-15-8-5-6-12-21(15)13-7-11-19-17(22)14-20-18(23)16-9-3-2-4-10-16/h2-4,9-10,15H,5-8,11-14H2,1H3,(H,19,22)(H,20,23)/p+1/t15-/m0/s1. The third-order valence-corrected chi connectivity index (χ3v) is 4.52. The van der Waals surface area contributed by atoms with Crippen LogP contribution >= 0.6 is 0 Å². The normalized spacial score (nSPS) is 20.7. The molecule has 5 heteroatoms. The molecule has 126 valence electrons. The Kier molecular flexibility index (Phi) is 7.07. The highest BCUT2D eigenvalue weighted by Crippen LogP contribution is 2.01. The highest BCUT2D eigenvalue weighted by Gasteiger charge is 2.20. The first-order chi connectivity index (χ1) is 11.2. The van der Waals surface area contributed by atoms with Gasteiger partial charge in [-0.3, -0.25) is 9.59 Å². The lowest BCUT2D eigenvalue weighted by Gasteiger charge is -2.30. The Morgan fingerprint density at radius 1 is 1.17 bits per heavy atom. The van der Waals surface area contributed by atoms with E-state index in [9.17, 15) is 9.59 Å². The molecule has 2 atom stereocenters. The number of quaternary nitrogens is 1. The molecule has 3 N–H and O–H groups in total. The molecular formula is C18H28N3O2+. The Morgan fingerprint density at radius 2 is 1.96 bits per heavy atom. The SMILES string of the molecule is C[C@H]1CCCC[NH+]1CCCNC(=O)CNC(=O)c1ccccc1. The van der Waals surface area contributed by atoms with E-state index in [4.69, 9.17) is 0 Å². The molecule has 0 aliphatic carbocycles. The average Bonchev–Trinajstić information content (AvgIpc) is 2.59. The quantitative estimate of drug-likeness (QED) is 0.637. The van der Waals surface area contributed by atoms with Gasteiger partial charge in [-0.2, -0.15) is 0 Å². The number of rotatable bonds is 7. The molecule has 1 saturated heterocycles. The highest BCUT2D eigenvalue weighted by molar-refractivity contribution is 5.96. The van der Waals surface area contributed by atoms with Crippen molar-refractivity contribution in [2.75, 3.05) is 26.2 Å². The van der Waals surface area contributed by atoms with Gasteiger partial charge in [0.15, 0.2) is 0 Å². The lowest BCUT2D eigenvalue weighted by molar-refractivity contribution is -0.928. The van der Waals surface area contributed by atoms with Crippen LogP contribution in [0, 0.1) is 0 Å². The summed E-state index contributed by atoms with van der Waals surface area (Å²) in [5.74, 6) is -0.344. The first-order valence-corrected chi connectivity index (χ1v) is 8.61. The fourth-order valence-electron chi connectivity index (χ4n) is 3.08. The van der Waals surface area contributed by atoms with Crippen molar-refractivity contribution in [2.24, 2.45) is 0 Å². The smallest absolute Gasteiger partial charge is 0.251 e. The lowest BCUT2D eigenvalue weighted by atomic mass is 10.0. The molecule has 5 nitrogen and oxygen atoms in total. The fourth-order valence-corrected chi connectivity index (χ4v) is 3.08. The van der Waals surface area contributed by atoms with Crippen LogP contribution < -0.4 is 15.5 Å². The molecule has 1 aromatic rings. The van der Waals surface area contributed by atoms with Crippen molar-refractivity contribution in [3.05, 3.63) is 35.9 Å². The summed E-state index contributed by atoms with van der Waals surface area (Å²) in [4.78, 5) is 25.2. The zero-order valence-corrected chi connectivity index (χ0v) is 13.9. The van der Waals surface area contributed by atoms with E-state index in [2.05, 4.69) is 17.6 Å². The molecule has 23 heavy (non-hydrogen) atoms. The second-order valence-electron chi connectivity index (χ2n) is 6.31. The van der Waals surface area contributed by atoms with Crippen molar-refractivity contribution < 1.29 is 14.5 Å². The van der Waals surface area contributed by atoms with Gasteiger partial charge in [-0.15, -0.1) is 0 Å². The second-order valence-corrected chi connectivity index (χ2v) is 6.31. The van der Waals surface area contributed by atoms with E-state index >= 15 is 0 Å². The number of hydrogen-bond acceptors (Lipinski definition) is 2. The Morgan fingerprint density at radius 3 is 2.70 bits per heavy atom. The molecule has 0 saturated carbocycles. The largest absolute Gasteiger partial charge is 0.354 e. The second kappa shape index (κ2) is 9.30. The lowest BCUT2D eigenvalue weighted by Crippen LogP contribution is -3.16. The van der Waals surface area contributed by atoms with Gasteiger partial charge in [0, 0.05) is 18.5 Å². The van der Waals surface area contributed by atoms with Gasteiger partial charge < -0.3 is 15.5 Å². The minimum atomic E-state index is -0.215. The van der Waals surface area contributed by atoms with Crippen LogP contribution in [0.1, 0.15) is 43.0 Å². The van der Waals surface area contributed by atoms with Crippen molar-refractivity contribution in [3.8, 4) is 0 Å². The number of hydrogen-bond donors (Lipinski definition) is 3. The predicted octanol–water partition coefficient (Wildman–Crippen LogP) is 0.380. The Balaban J connectivity index is 1.57. The summed E-state index contributed by atoms with van der Waals surface area (Å²) >= 11 is 0. The molecule has 0 spiro atoms. The van der Waals surface area contributed by atoms with Crippen LogP contribution in [-0.2, 0) is 4.79 Å². The molecule has 1 aromatic carbocycles. The maximum Gasteiger partial charge on any atom is 0.251 e. The highest BCUT2D eigenvalue weighted by atomic mass is 16.2. The minimum absolute atomic E-state index is 0.0285.